The average molecular weight is 390 g/mol. The summed E-state index contributed by atoms with van der Waals surface area (Å²) in [5, 5.41) is 39.8. The van der Waals surface area contributed by atoms with Crippen LogP contribution in [-0.4, -0.2) is 63.7 Å². The van der Waals surface area contributed by atoms with E-state index >= 15 is 0 Å². The Morgan fingerprint density at radius 3 is 2.32 bits per heavy atom. The number of ether oxygens (including phenoxy) is 3. The number of aliphatic hydroxyl groups excluding tert-OH is 4. The zero-order valence-electron chi connectivity index (χ0n) is 14.9. The summed E-state index contributed by atoms with van der Waals surface area (Å²) in [4.78, 5) is 12.1. The summed E-state index contributed by atoms with van der Waals surface area (Å²) in [6, 6.07) is 14.9. The van der Waals surface area contributed by atoms with Crippen LogP contribution in [0.25, 0.3) is 0 Å². The van der Waals surface area contributed by atoms with Crippen molar-refractivity contribution >= 4 is 5.97 Å². The first-order chi connectivity index (χ1) is 13.5. The van der Waals surface area contributed by atoms with Gasteiger partial charge in [-0.1, -0.05) is 36.4 Å². The fourth-order valence-corrected chi connectivity index (χ4v) is 2.84. The minimum atomic E-state index is -1.57. The zero-order valence-corrected chi connectivity index (χ0v) is 14.9. The van der Waals surface area contributed by atoms with Gasteiger partial charge in [-0.25, -0.2) is 4.79 Å². The number of carbonyl (C=O) groups is 1. The van der Waals surface area contributed by atoms with Gasteiger partial charge in [0.25, 0.3) is 0 Å². The van der Waals surface area contributed by atoms with Crippen molar-refractivity contribution in [3.8, 4) is 5.75 Å². The largest absolute Gasteiger partial charge is 0.462 e. The minimum absolute atomic E-state index is 0.262. The molecule has 0 saturated carbocycles. The number of carbonyl (C=O) groups excluding carboxylic acids is 1. The van der Waals surface area contributed by atoms with E-state index in [-0.39, 0.29) is 19.0 Å². The van der Waals surface area contributed by atoms with Gasteiger partial charge < -0.3 is 34.6 Å². The van der Waals surface area contributed by atoms with Crippen LogP contribution in [0.4, 0.5) is 0 Å². The lowest BCUT2D eigenvalue weighted by Crippen LogP contribution is -2.60. The second-order valence-corrected chi connectivity index (χ2v) is 6.36. The van der Waals surface area contributed by atoms with Crippen LogP contribution in [0.1, 0.15) is 15.9 Å². The lowest BCUT2D eigenvalue weighted by atomic mass is 9.99. The Morgan fingerprint density at radius 2 is 1.61 bits per heavy atom. The molecule has 1 heterocycles. The van der Waals surface area contributed by atoms with E-state index < -0.39 is 36.7 Å². The number of hydrogen-bond donors (Lipinski definition) is 4. The lowest BCUT2D eigenvalue weighted by Gasteiger charge is -2.40. The number of hydrogen-bond acceptors (Lipinski definition) is 8. The number of benzene rings is 2. The number of aliphatic hydroxyl groups is 4. The fraction of sp³-hybridized carbons (Fsp3) is 0.350. The highest BCUT2D eigenvalue weighted by Gasteiger charge is 2.45. The third kappa shape index (κ3) is 4.49. The van der Waals surface area contributed by atoms with E-state index in [1.165, 1.54) is 0 Å². The van der Waals surface area contributed by atoms with E-state index in [1.54, 1.807) is 54.6 Å². The highest BCUT2D eigenvalue weighted by molar-refractivity contribution is 5.89. The summed E-state index contributed by atoms with van der Waals surface area (Å²) >= 11 is 0. The molecule has 0 aromatic heterocycles. The Morgan fingerprint density at radius 1 is 0.929 bits per heavy atom. The van der Waals surface area contributed by atoms with Crippen LogP contribution in [0, 0.1) is 0 Å². The van der Waals surface area contributed by atoms with E-state index in [1.807, 2.05) is 0 Å². The zero-order chi connectivity index (χ0) is 20.1. The monoisotopic (exact) mass is 390 g/mol. The van der Waals surface area contributed by atoms with Gasteiger partial charge in [0.2, 0.25) is 6.29 Å². The van der Waals surface area contributed by atoms with Crippen molar-refractivity contribution in [1.29, 1.82) is 0 Å². The molecule has 2 aromatic rings. The van der Waals surface area contributed by atoms with Gasteiger partial charge in [0.15, 0.2) is 0 Å². The molecule has 0 unspecified atom stereocenters. The van der Waals surface area contributed by atoms with Gasteiger partial charge in [-0.2, -0.15) is 0 Å². The summed E-state index contributed by atoms with van der Waals surface area (Å²) in [6.07, 6.45) is -7.03. The van der Waals surface area contributed by atoms with Crippen LogP contribution >= 0.6 is 0 Å². The fourth-order valence-electron chi connectivity index (χ4n) is 2.84. The van der Waals surface area contributed by atoms with Gasteiger partial charge in [-0.05, 0) is 18.2 Å². The first-order valence-corrected chi connectivity index (χ1v) is 8.78. The second-order valence-electron chi connectivity index (χ2n) is 6.36. The maximum atomic E-state index is 12.1. The Balaban J connectivity index is 1.67. The van der Waals surface area contributed by atoms with E-state index in [0.29, 0.717) is 11.1 Å². The molecule has 1 fully saturated rings. The van der Waals surface area contributed by atoms with Crippen molar-refractivity contribution in [2.24, 2.45) is 0 Å². The van der Waals surface area contributed by atoms with Gasteiger partial charge in [-0.15, -0.1) is 0 Å². The van der Waals surface area contributed by atoms with E-state index in [2.05, 4.69) is 0 Å². The molecular weight excluding hydrogens is 368 g/mol. The molecule has 4 N–H and O–H groups in total. The third-order valence-electron chi connectivity index (χ3n) is 4.44. The van der Waals surface area contributed by atoms with Crippen molar-refractivity contribution in [3.05, 3.63) is 65.7 Å². The Bertz CT molecular complexity index is 781. The lowest BCUT2D eigenvalue weighted by molar-refractivity contribution is -0.277. The van der Waals surface area contributed by atoms with Gasteiger partial charge in [0.1, 0.15) is 36.8 Å². The molecule has 0 bridgehead atoms. The van der Waals surface area contributed by atoms with Crippen LogP contribution in [-0.2, 0) is 16.1 Å². The van der Waals surface area contributed by atoms with Crippen molar-refractivity contribution in [1.82, 2.24) is 0 Å². The summed E-state index contributed by atoms with van der Waals surface area (Å²) in [5.41, 5.74) is 0.795. The normalized spacial score (nSPS) is 27.2. The van der Waals surface area contributed by atoms with Gasteiger partial charge in [-0.3, -0.25) is 0 Å². The maximum absolute atomic E-state index is 12.1. The topological polar surface area (TPSA) is 126 Å². The van der Waals surface area contributed by atoms with E-state index in [0.717, 1.165) is 0 Å². The standard InChI is InChI=1S/C20H22O8/c21-10-13-8-4-5-9-14(13)27-20-18(24)17(23)16(22)15(28-20)11-26-19(25)12-6-2-1-3-7-12/h1-9,15-18,20-24H,10-11H2/t15-,16-,17+,18+,20-/m0/s1. The van der Waals surface area contributed by atoms with Crippen LogP contribution in [0.5, 0.6) is 5.75 Å². The SMILES string of the molecule is O=C(OC[C@@H]1O[C@H](Oc2ccccc2CO)[C@H](O)[C@H](O)[C@H]1O)c1ccccc1. The molecular formula is C20H22O8. The smallest absolute Gasteiger partial charge is 0.338 e. The molecule has 5 atom stereocenters. The molecule has 2 aromatic carbocycles. The second kappa shape index (κ2) is 9.13. The first kappa shape index (κ1) is 20.2. The molecule has 3 rings (SSSR count). The molecule has 8 heteroatoms. The Kier molecular flexibility index (Phi) is 6.61. The number of rotatable bonds is 6. The molecule has 0 spiro atoms. The van der Waals surface area contributed by atoms with Crippen LogP contribution in [0.3, 0.4) is 0 Å². The van der Waals surface area contributed by atoms with Crippen LogP contribution in [0.2, 0.25) is 0 Å². The summed E-state index contributed by atoms with van der Waals surface area (Å²) in [6.45, 7) is -0.636. The van der Waals surface area contributed by atoms with Crippen molar-refractivity contribution in [2.75, 3.05) is 6.61 Å². The predicted molar refractivity (Wildman–Crippen MR) is 96.4 cm³/mol. The van der Waals surface area contributed by atoms with Gasteiger partial charge in [0, 0.05) is 5.56 Å². The minimum Gasteiger partial charge on any atom is -0.462 e. The van der Waals surface area contributed by atoms with E-state index in [4.69, 9.17) is 14.2 Å². The molecule has 28 heavy (non-hydrogen) atoms. The molecule has 150 valence electrons. The number of esters is 1. The quantitative estimate of drug-likeness (QED) is 0.516. The molecule has 8 nitrogen and oxygen atoms in total. The summed E-state index contributed by atoms with van der Waals surface area (Å²) in [7, 11) is 0. The summed E-state index contributed by atoms with van der Waals surface area (Å²) in [5.74, 6) is -0.349. The Labute approximate surface area is 161 Å². The molecule has 0 radical (unpaired) electrons. The molecule has 1 saturated heterocycles. The van der Waals surface area contributed by atoms with Crippen LogP contribution < -0.4 is 4.74 Å². The van der Waals surface area contributed by atoms with Crippen molar-refractivity contribution < 1.29 is 39.4 Å². The molecule has 1 aliphatic heterocycles. The highest BCUT2D eigenvalue weighted by Crippen LogP contribution is 2.27. The summed E-state index contributed by atoms with van der Waals surface area (Å²) < 4.78 is 16.3. The molecule has 0 amide bonds. The van der Waals surface area contributed by atoms with Crippen molar-refractivity contribution in [3.63, 3.8) is 0 Å². The maximum Gasteiger partial charge on any atom is 0.338 e. The highest BCUT2D eigenvalue weighted by atomic mass is 16.7. The Hall–Kier alpha value is -2.49. The van der Waals surface area contributed by atoms with Crippen molar-refractivity contribution in [2.45, 2.75) is 37.3 Å². The first-order valence-electron chi connectivity index (χ1n) is 8.78. The number of para-hydroxylation sites is 1. The molecule has 0 aliphatic carbocycles. The van der Waals surface area contributed by atoms with Gasteiger partial charge >= 0.3 is 5.97 Å². The third-order valence-corrected chi connectivity index (χ3v) is 4.44. The van der Waals surface area contributed by atoms with E-state index in [9.17, 15) is 25.2 Å². The average Bonchev–Trinajstić information content (AvgIpc) is 2.74. The molecule has 1 aliphatic rings. The predicted octanol–water partition coefficient (Wildman–Crippen LogP) is 0.222. The van der Waals surface area contributed by atoms with Gasteiger partial charge in [0.05, 0.1) is 12.2 Å². The van der Waals surface area contributed by atoms with Crippen LogP contribution in [0.15, 0.2) is 54.6 Å².